The Hall–Kier alpha value is -0.665. The van der Waals surface area contributed by atoms with Gasteiger partial charge in [-0.2, -0.15) is 0 Å². The number of allylic oxidation sites excluding steroid dienone is 4. The summed E-state index contributed by atoms with van der Waals surface area (Å²) in [4.78, 5) is 0. The Bertz CT molecular complexity index is 232. The van der Waals surface area contributed by atoms with Gasteiger partial charge in [0.15, 0.2) is 0 Å². The molecule has 0 aliphatic heterocycles. The molecule has 0 fully saturated rings. The molecule has 11 heavy (non-hydrogen) atoms. The van der Waals surface area contributed by atoms with Crippen LogP contribution < -0.4 is 0 Å². The van der Waals surface area contributed by atoms with Crippen LogP contribution in [0.25, 0.3) is 0 Å². The molecule has 1 rings (SSSR count). The molecule has 0 nitrogen and oxygen atoms in total. The Morgan fingerprint density at radius 2 is 2.00 bits per heavy atom. The zero-order valence-electron chi connectivity index (χ0n) is 5.94. The summed E-state index contributed by atoms with van der Waals surface area (Å²) in [6.45, 7) is 1.27. The van der Waals surface area contributed by atoms with Crippen molar-refractivity contribution in [2.45, 2.75) is 13.1 Å². The van der Waals surface area contributed by atoms with Crippen LogP contribution in [-0.2, 0) is 0 Å². The average Bonchev–Trinajstić information content (AvgIpc) is 1.97. The smallest absolute Gasteiger partial charge is 0.147 e. The number of hydrogen-bond donors (Lipinski definition) is 0. The summed E-state index contributed by atoms with van der Waals surface area (Å²) in [7, 11) is 4.97. The van der Waals surface area contributed by atoms with Crippen LogP contribution in [0.3, 0.4) is 0 Å². The molecule has 0 amide bonds. The third-order valence-electron chi connectivity index (χ3n) is 1.68. The Kier molecular flexibility index (Phi) is 2.11. The molecule has 2 atom stereocenters. The molecule has 0 aromatic carbocycles. The van der Waals surface area contributed by atoms with E-state index in [1.54, 1.807) is 0 Å². The van der Waals surface area contributed by atoms with Crippen molar-refractivity contribution in [1.29, 1.82) is 0 Å². The molecular weight excluding hydrogens is 152 g/mol. The van der Waals surface area contributed by atoms with Crippen molar-refractivity contribution in [2.24, 2.45) is 5.92 Å². The van der Waals surface area contributed by atoms with E-state index in [0.717, 1.165) is 6.08 Å². The predicted molar refractivity (Wildman–Crippen MR) is 37.1 cm³/mol. The molecule has 1 aliphatic rings. The summed E-state index contributed by atoms with van der Waals surface area (Å²) in [6, 6.07) is 0. The Labute approximate surface area is 64.2 Å². The molecule has 2 radical (unpaired) electrons. The van der Waals surface area contributed by atoms with E-state index in [9.17, 15) is 13.2 Å². The first-order valence-corrected chi connectivity index (χ1v) is 3.21. The second-order valence-electron chi connectivity index (χ2n) is 2.52. The SMILES string of the molecule is [B]C1=CC(F)C(C)C(F)=C1F. The molecule has 4 heteroatoms. The van der Waals surface area contributed by atoms with Crippen LogP contribution in [0.4, 0.5) is 13.2 Å². The molecule has 2 unspecified atom stereocenters. The van der Waals surface area contributed by atoms with Gasteiger partial charge in [-0.3, -0.25) is 0 Å². The minimum atomic E-state index is -1.52. The highest BCUT2D eigenvalue weighted by atomic mass is 19.2. The maximum absolute atomic E-state index is 12.7. The Morgan fingerprint density at radius 3 is 2.55 bits per heavy atom. The molecule has 0 bridgehead atoms. The lowest BCUT2D eigenvalue weighted by atomic mass is 9.84. The fourth-order valence-electron chi connectivity index (χ4n) is 0.867. The van der Waals surface area contributed by atoms with Crippen molar-refractivity contribution in [1.82, 2.24) is 0 Å². The topological polar surface area (TPSA) is 0 Å². The van der Waals surface area contributed by atoms with Crippen LogP contribution >= 0.6 is 0 Å². The van der Waals surface area contributed by atoms with Gasteiger partial charge in [-0.25, -0.2) is 13.2 Å². The van der Waals surface area contributed by atoms with Gasteiger partial charge < -0.3 is 0 Å². The summed E-state index contributed by atoms with van der Waals surface area (Å²) < 4.78 is 37.8. The zero-order chi connectivity index (χ0) is 8.59. The zero-order valence-corrected chi connectivity index (χ0v) is 5.94. The van der Waals surface area contributed by atoms with Crippen LogP contribution in [0.15, 0.2) is 23.2 Å². The first-order chi connectivity index (χ1) is 5.04. The van der Waals surface area contributed by atoms with Gasteiger partial charge in [0.05, 0.1) is 0 Å². The van der Waals surface area contributed by atoms with Crippen LogP contribution in [-0.4, -0.2) is 14.0 Å². The summed E-state index contributed by atoms with van der Waals surface area (Å²) in [5.74, 6) is -3.29. The van der Waals surface area contributed by atoms with Crippen LogP contribution in [0.5, 0.6) is 0 Å². The van der Waals surface area contributed by atoms with E-state index >= 15 is 0 Å². The van der Waals surface area contributed by atoms with E-state index in [1.165, 1.54) is 6.92 Å². The van der Waals surface area contributed by atoms with Crippen LogP contribution in [0, 0.1) is 5.92 Å². The average molecular weight is 158 g/mol. The molecule has 0 saturated heterocycles. The molecule has 0 aromatic heterocycles. The second-order valence-corrected chi connectivity index (χ2v) is 2.52. The molecule has 0 heterocycles. The van der Waals surface area contributed by atoms with Gasteiger partial charge in [-0.05, 0) is 0 Å². The summed E-state index contributed by atoms with van der Waals surface area (Å²) in [6.07, 6.45) is -0.641. The van der Waals surface area contributed by atoms with Crippen molar-refractivity contribution in [3.8, 4) is 0 Å². The summed E-state index contributed by atoms with van der Waals surface area (Å²) in [5.41, 5.74) is -0.451. The van der Waals surface area contributed by atoms with Crippen molar-refractivity contribution in [3.05, 3.63) is 23.2 Å². The normalized spacial score (nSPS) is 32.2. The highest BCUT2D eigenvalue weighted by Gasteiger charge is 2.27. The minimum Gasteiger partial charge on any atom is -0.242 e. The second kappa shape index (κ2) is 2.76. The number of halogens is 3. The fraction of sp³-hybridized carbons (Fsp3) is 0.429. The first kappa shape index (κ1) is 8.43. The molecule has 0 spiro atoms. The van der Waals surface area contributed by atoms with E-state index < -0.39 is 29.2 Å². The molecule has 58 valence electrons. The van der Waals surface area contributed by atoms with Crippen LogP contribution in [0.1, 0.15) is 6.92 Å². The van der Waals surface area contributed by atoms with Crippen LogP contribution in [0.2, 0.25) is 0 Å². The number of rotatable bonds is 0. The third kappa shape index (κ3) is 1.34. The highest BCUT2D eigenvalue weighted by Crippen LogP contribution is 2.31. The van der Waals surface area contributed by atoms with E-state index in [2.05, 4.69) is 0 Å². The summed E-state index contributed by atoms with van der Waals surface area (Å²) >= 11 is 0. The van der Waals surface area contributed by atoms with Gasteiger partial charge in [0.1, 0.15) is 25.7 Å². The minimum absolute atomic E-state index is 0.451. The molecule has 0 N–H and O–H groups in total. The highest BCUT2D eigenvalue weighted by molar-refractivity contribution is 6.24. The maximum atomic E-state index is 12.7. The van der Waals surface area contributed by atoms with Gasteiger partial charge in [0, 0.05) is 5.92 Å². The Morgan fingerprint density at radius 1 is 1.45 bits per heavy atom. The lowest BCUT2D eigenvalue weighted by molar-refractivity contribution is 0.279. The first-order valence-electron chi connectivity index (χ1n) is 3.21. The molecule has 0 saturated carbocycles. The predicted octanol–water partition coefficient (Wildman–Crippen LogP) is 2.18. The molecule has 0 aromatic rings. The van der Waals surface area contributed by atoms with Crippen molar-refractivity contribution < 1.29 is 13.2 Å². The largest absolute Gasteiger partial charge is 0.242 e. The van der Waals surface area contributed by atoms with Crippen molar-refractivity contribution in [3.63, 3.8) is 0 Å². The Balaban J connectivity index is 3.02. The fourth-order valence-corrected chi connectivity index (χ4v) is 0.867. The summed E-state index contributed by atoms with van der Waals surface area (Å²) in [5, 5.41) is 0. The van der Waals surface area contributed by atoms with Crippen molar-refractivity contribution >= 4 is 7.85 Å². The quantitative estimate of drug-likeness (QED) is 0.474. The standard InChI is InChI=1S/C7H6BF3/c1-3-5(9)2-4(8)7(11)6(3)10/h2-3,5H,1H3. The van der Waals surface area contributed by atoms with E-state index in [0.29, 0.717) is 0 Å². The maximum Gasteiger partial charge on any atom is 0.147 e. The third-order valence-corrected chi connectivity index (χ3v) is 1.68. The van der Waals surface area contributed by atoms with Gasteiger partial charge in [0.25, 0.3) is 0 Å². The lowest BCUT2D eigenvalue weighted by Crippen LogP contribution is -2.17. The lowest BCUT2D eigenvalue weighted by Gasteiger charge is -2.18. The van der Waals surface area contributed by atoms with E-state index in [-0.39, 0.29) is 0 Å². The molecule has 1 aliphatic carbocycles. The van der Waals surface area contributed by atoms with Gasteiger partial charge >= 0.3 is 0 Å². The van der Waals surface area contributed by atoms with Gasteiger partial charge in [0.2, 0.25) is 0 Å². The molecular formula is C7H6BF3. The van der Waals surface area contributed by atoms with Gasteiger partial charge in [-0.15, -0.1) is 0 Å². The van der Waals surface area contributed by atoms with E-state index in [1.807, 2.05) is 0 Å². The monoisotopic (exact) mass is 158 g/mol. The van der Waals surface area contributed by atoms with E-state index in [4.69, 9.17) is 7.85 Å². The van der Waals surface area contributed by atoms with Gasteiger partial charge in [-0.1, -0.05) is 18.5 Å². The number of hydrogen-bond acceptors (Lipinski definition) is 0. The van der Waals surface area contributed by atoms with Crippen molar-refractivity contribution in [2.75, 3.05) is 0 Å². The number of alkyl halides is 1.